The van der Waals surface area contributed by atoms with Crippen LogP contribution in [0.1, 0.15) is 42.7 Å². The van der Waals surface area contributed by atoms with Crippen LogP contribution in [0.2, 0.25) is 0 Å². The molecule has 1 aromatic rings. The molecule has 0 spiro atoms. The summed E-state index contributed by atoms with van der Waals surface area (Å²) in [6.45, 7) is 0.966. The third-order valence-corrected chi connectivity index (χ3v) is 3.85. The monoisotopic (exact) mass is 245 g/mol. The Morgan fingerprint density at radius 2 is 1.94 bits per heavy atom. The number of benzene rings is 1. The van der Waals surface area contributed by atoms with Crippen molar-refractivity contribution in [1.29, 1.82) is 0 Å². The van der Waals surface area contributed by atoms with Crippen molar-refractivity contribution in [2.75, 3.05) is 6.54 Å². The molecule has 0 unspecified atom stereocenters. The van der Waals surface area contributed by atoms with Gasteiger partial charge in [-0.15, -0.1) is 0 Å². The molecule has 2 aliphatic rings. The average Bonchev–Trinajstić information content (AvgIpc) is 3.20. The van der Waals surface area contributed by atoms with E-state index in [1.54, 1.807) is 0 Å². The maximum absolute atomic E-state index is 10.9. The van der Waals surface area contributed by atoms with Gasteiger partial charge in [-0.25, -0.2) is 0 Å². The minimum Gasteiger partial charge on any atom is -0.480 e. The van der Waals surface area contributed by atoms with E-state index in [1.165, 1.54) is 24.0 Å². The zero-order valence-corrected chi connectivity index (χ0v) is 10.5. The number of hydrogen-bond donors (Lipinski definition) is 1. The van der Waals surface area contributed by atoms with Crippen molar-refractivity contribution in [1.82, 2.24) is 4.90 Å². The van der Waals surface area contributed by atoms with Crippen molar-refractivity contribution in [3.05, 3.63) is 35.4 Å². The van der Waals surface area contributed by atoms with Gasteiger partial charge in [0.2, 0.25) is 0 Å². The smallest absolute Gasteiger partial charge is 0.317 e. The number of carbonyl (C=O) groups is 1. The lowest BCUT2D eigenvalue weighted by atomic mass is 10.0. The third-order valence-electron chi connectivity index (χ3n) is 3.85. The maximum Gasteiger partial charge on any atom is 0.317 e. The first-order valence-corrected chi connectivity index (χ1v) is 6.77. The SMILES string of the molecule is O=C(O)CN(Cc1ccccc1C1CC1)C1CC1. The molecule has 1 aromatic carbocycles. The van der Waals surface area contributed by atoms with Crippen molar-refractivity contribution in [3.8, 4) is 0 Å². The summed E-state index contributed by atoms with van der Waals surface area (Å²) < 4.78 is 0. The Hall–Kier alpha value is -1.35. The molecule has 0 aromatic heterocycles. The van der Waals surface area contributed by atoms with Crippen molar-refractivity contribution in [2.45, 2.75) is 44.2 Å². The van der Waals surface area contributed by atoms with Gasteiger partial charge < -0.3 is 5.11 Å². The second kappa shape index (κ2) is 4.73. The topological polar surface area (TPSA) is 40.5 Å². The standard InChI is InChI=1S/C15H19NO2/c17-15(18)10-16(13-7-8-13)9-12-3-1-2-4-14(12)11-5-6-11/h1-4,11,13H,5-10H2,(H,17,18). The third kappa shape index (κ3) is 2.72. The summed E-state index contributed by atoms with van der Waals surface area (Å²) in [6, 6.07) is 9.01. The second-order valence-electron chi connectivity index (χ2n) is 5.50. The summed E-state index contributed by atoms with van der Waals surface area (Å²) in [7, 11) is 0. The molecule has 0 amide bonds. The van der Waals surface area contributed by atoms with Gasteiger partial charge in [0.25, 0.3) is 0 Å². The molecule has 0 aliphatic heterocycles. The van der Waals surface area contributed by atoms with Crippen LogP contribution in [0, 0.1) is 0 Å². The van der Waals surface area contributed by atoms with Crippen molar-refractivity contribution < 1.29 is 9.90 Å². The summed E-state index contributed by atoms with van der Waals surface area (Å²) in [5, 5.41) is 8.99. The number of carboxylic acid groups (broad SMARTS) is 1. The van der Waals surface area contributed by atoms with Crippen molar-refractivity contribution in [3.63, 3.8) is 0 Å². The predicted molar refractivity (Wildman–Crippen MR) is 69.5 cm³/mol. The molecule has 0 bridgehead atoms. The fraction of sp³-hybridized carbons (Fsp3) is 0.533. The van der Waals surface area contributed by atoms with Gasteiger partial charge in [-0.1, -0.05) is 24.3 Å². The van der Waals surface area contributed by atoms with Crippen LogP contribution in [0.5, 0.6) is 0 Å². The lowest BCUT2D eigenvalue weighted by Crippen LogP contribution is -2.31. The first-order valence-electron chi connectivity index (χ1n) is 6.77. The molecular weight excluding hydrogens is 226 g/mol. The van der Waals surface area contributed by atoms with E-state index in [9.17, 15) is 4.79 Å². The summed E-state index contributed by atoms with van der Waals surface area (Å²) in [4.78, 5) is 13.0. The van der Waals surface area contributed by atoms with Crippen LogP contribution in [-0.2, 0) is 11.3 Å². The zero-order chi connectivity index (χ0) is 12.5. The number of aliphatic carboxylic acids is 1. The van der Waals surface area contributed by atoms with Gasteiger partial charge in [0.05, 0.1) is 6.54 Å². The summed E-state index contributed by atoms with van der Waals surface area (Å²) in [6.07, 6.45) is 4.89. The highest BCUT2D eigenvalue weighted by Gasteiger charge is 2.32. The van der Waals surface area contributed by atoms with Crippen LogP contribution in [0.4, 0.5) is 0 Å². The first-order chi connectivity index (χ1) is 8.74. The zero-order valence-electron chi connectivity index (χ0n) is 10.5. The second-order valence-corrected chi connectivity index (χ2v) is 5.50. The van der Waals surface area contributed by atoms with E-state index < -0.39 is 5.97 Å². The Morgan fingerprint density at radius 3 is 2.56 bits per heavy atom. The van der Waals surface area contributed by atoms with E-state index in [0.29, 0.717) is 6.04 Å². The fourth-order valence-electron chi connectivity index (χ4n) is 2.62. The molecule has 2 aliphatic carbocycles. The number of nitrogens with zero attached hydrogens (tertiary/aromatic N) is 1. The normalized spacial score (nSPS) is 19.2. The largest absolute Gasteiger partial charge is 0.480 e. The van der Waals surface area contributed by atoms with Gasteiger partial charge in [-0.05, 0) is 42.7 Å². The van der Waals surface area contributed by atoms with E-state index in [0.717, 1.165) is 25.3 Å². The highest BCUT2D eigenvalue weighted by atomic mass is 16.4. The minimum atomic E-state index is -0.717. The molecular formula is C15H19NO2. The lowest BCUT2D eigenvalue weighted by molar-refractivity contribution is -0.138. The Balaban J connectivity index is 1.75. The molecule has 96 valence electrons. The molecule has 18 heavy (non-hydrogen) atoms. The van der Waals surface area contributed by atoms with Crippen molar-refractivity contribution in [2.24, 2.45) is 0 Å². The maximum atomic E-state index is 10.9. The van der Waals surface area contributed by atoms with Crippen LogP contribution >= 0.6 is 0 Å². The van der Waals surface area contributed by atoms with Crippen LogP contribution < -0.4 is 0 Å². The van der Waals surface area contributed by atoms with E-state index in [4.69, 9.17) is 5.11 Å². The molecule has 0 atom stereocenters. The fourth-order valence-corrected chi connectivity index (χ4v) is 2.62. The predicted octanol–water partition coefficient (Wildman–Crippen LogP) is 2.61. The van der Waals surface area contributed by atoms with Gasteiger partial charge >= 0.3 is 5.97 Å². The van der Waals surface area contributed by atoms with Gasteiger partial charge in [0.15, 0.2) is 0 Å². The van der Waals surface area contributed by atoms with Gasteiger partial charge in [0, 0.05) is 12.6 Å². The van der Waals surface area contributed by atoms with Crippen molar-refractivity contribution >= 4 is 5.97 Å². The van der Waals surface area contributed by atoms with E-state index >= 15 is 0 Å². The quantitative estimate of drug-likeness (QED) is 0.837. The highest BCUT2D eigenvalue weighted by Crippen LogP contribution is 2.42. The average molecular weight is 245 g/mol. The molecule has 0 heterocycles. The Morgan fingerprint density at radius 1 is 1.22 bits per heavy atom. The molecule has 3 nitrogen and oxygen atoms in total. The van der Waals surface area contributed by atoms with Crippen LogP contribution in [-0.4, -0.2) is 28.6 Å². The summed E-state index contributed by atoms with van der Waals surface area (Å²) in [5.74, 6) is 0.0119. The van der Waals surface area contributed by atoms with Crippen LogP contribution in [0.3, 0.4) is 0 Å². The molecule has 3 rings (SSSR count). The minimum absolute atomic E-state index is 0.170. The Labute approximate surface area is 107 Å². The number of carboxylic acids is 1. The van der Waals surface area contributed by atoms with E-state index in [-0.39, 0.29) is 6.54 Å². The molecule has 2 fully saturated rings. The molecule has 2 saturated carbocycles. The van der Waals surface area contributed by atoms with Gasteiger partial charge in [-0.2, -0.15) is 0 Å². The highest BCUT2D eigenvalue weighted by molar-refractivity contribution is 5.69. The molecule has 0 saturated heterocycles. The van der Waals surface area contributed by atoms with Gasteiger partial charge in [0.1, 0.15) is 0 Å². The lowest BCUT2D eigenvalue weighted by Gasteiger charge is -2.21. The van der Waals surface area contributed by atoms with Crippen LogP contribution in [0.15, 0.2) is 24.3 Å². The van der Waals surface area contributed by atoms with E-state index in [1.807, 2.05) is 0 Å². The van der Waals surface area contributed by atoms with Crippen LogP contribution in [0.25, 0.3) is 0 Å². The number of rotatable bonds is 6. The van der Waals surface area contributed by atoms with Gasteiger partial charge in [-0.3, -0.25) is 9.69 Å². The Bertz CT molecular complexity index is 450. The summed E-state index contributed by atoms with van der Waals surface area (Å²) in [5.41, 5.74) is 2.77. The number of hydrogen-bond acceptors (Lipinski definition) is 2. The van der Waals surface area contributed by atoms with E-state index in [2.05, 4.69) is 29.2 Å². The molecule has 0 radical (unpaired) electrons. The first kappa shape index (κ1) is 11.7. The molecule has 3 heteroatoms. The molecule has 1 N–H and O–H groups in total. The Kier molecular flexibility index (Phi) is 3.08. The summed E-state index contributed by atoms with van der Waals surface area (Å²) >= 11 is 0.